The van der Waals surface area contributed by atoms with E-state index < -0.39 is 0 Å². The van der Waals surface area contributed by atoms with Gasteiger partial charge in [0.05, 0.1) is 6.04 Å². The van der Waals surface area contributed by atoms with E-state index in [-0.39, 0.29) is 17.9 Å². The molecule has 20 heavy (non-hydrogen) atoms. The molecule has 0 radical (unpaired) electrons. The van der Waals surface area contributed by atoms with Gasteiger partial charge in [0.15, 0.2) is 0 Å². The highest BCUT2D eigenvalue weighted by Crippen LogP contribution is 2.16. The quantitative estimate of drug-likeness (QED) is 0.867. The van der Waals surface area contributed by atoms with Crippen LogP contribution < -0.4 is 10.6 Å². The second-order valence-electron chi connectivity index (χ2n) is 4.38. The van der Waals surface area contributed by atoms with Gasteiger partial charge in [-0.2, -0.15) is 0 Å². The van der Waals surface area contributed by atoms with Crippen LogP contribution in [0, 0.1) is 5.82 Å². The zero-order chi connectivity index (χ0) is 14.5. The monoisotopic (exact) mass is 292 g/mol. The van der Waals surface area contributed by atoms with E-state index in [9.17, 15) is 9.18 Å². The number of hydrogen-bond acceptors (Lipinski definition) is 1. The first-order valence-corrected chi connectivity index (χ1v) is 6.51. The lowest BCUT2D eigenvalue weighted by atomic mass is 10.1. The molecule has 2 amide bonds. The molecule has 2 aromatic carbocycles. The fourth-order valence-electron chi connectivity index (χ4n) is 1.76. The summed E-state index contributed by atoms with van der Waals surface area (Å²) in [5.74, 6) is -0.302. The third kappa shape index (κ3) is 3.96. The molecule has 0 aliphatic heterocycles. The molecular weight excluding hydrogens is 279 g/mol. The normalized spacial score (nSPS) is 11.8. The van der Waals surface area contributed by atoms with Gasteiger partial charge in [0.2, 0.25) is 0 Å². The number of anilines is 1. The molecule has 0 aliphatic carbocycles. The topological polar surface area (TPSA) is 41.1 Å². The molecular formula is C15H14ClFN2O. The largest absolute Gasteiger partial charge is 0.331 e. The van der Waals surface area contributed by atoms with Gasteiger partial charge in [-0.15, -0.1) is 0 Å². The van der Waals surface area contributed by atoms with E-state index >= 15 is 0 Å². The zero-order valence-corrected chi connectivity index (χ0v) is 11.6. The molecule has 0 aromatic heterocycles. The van der Waals surface area contributed by atoms with Gasteiger partial charge in [-0.1, -0.05) is 29.8 Å². The van der Waals surface area contributed by atoms with Crippen molar-refractivity contribution in [1.29, 1.82) is 0 Å². The van der Waals surface area contributed by atoms with Gasteiger partial charge >= 0.3 is 6.03 Å². The summed E-state index contributed by atoms with van der Waals surface area (Å²) in [6.45, 7) is 1.82. The van der Waals surface area contributed by atoms with Gasteiger partial charge in [0.25, 0.3) is 0 Å². The van der Waals surface area contributed by atoms with Crippen LogP contribution in [0.2, 0.25) is 5.02 Å². The lowest BCUT2D eigenvalue weighted by molar-refractivity contribution is 0.249. The van der Waals surface area contributed by atoms with Crippen molar-refractivity contribution < 1.29 is 9.18 Å². The first-order chi connectivity index (χ1) is 9.54. The van der Waals surface area contributed by atoms with E-state index in [0.717, 1.165) is 5.56 Å². The molecule has 2 aromatic rings. The van der Waals surface area contributed by atoms with E-state index in [0.29, 0.717) is 10.7 Å². The lowest BCUT2D eigenvalue weighted by Crippen LogP contribution is -2.31. The van der Waals surface area contributed by atoms with Crippen LogP contribution in [0.3, 0.4) is 0 Å². The molecule has 2 N–H and O–H groups in total. The predicted molar refractivity (Wildman–Crippen MR) is 78.4 cm³/mol. The summed E-state index contributed by atoms with van der Waals surface area (Å²) in [5.41, 5.74) is 1.44. The summed E-state index contributed by atoms with van der Waals surface area (Å²) in [6.07, 6.45) is 0. The number of rotatable bonds is 3. The highest BCUT2D eigenvalue weighted by molar-refractivity contribution is 6.30. The number of carbonyl (C=O) groups excluding carboxylic acids is 1. The molecule has 0 heterocycles. The highest BCUT2D eigenvalue weighted by Gasteiger charge is 2.09. The Morgan fingerprint density at radius 2 is 1.90 bits per heavy atom. The number of nitrogens with one attached hydrogen (secondary N) is 2. The summed E-state index contributed by atoms with van der Waals surface area (Å²) >= 11 is 5.84. The Kier molecular flexibility index (Phi) is 4.58. The van der Waals surface area contributed by atoms with E-state index in [4.69, 9.17) is 11.6 Å². The van der Waals surface area contributed by atoms with Crippen molar-refractivity contribution in [3.05, 3.63) is 64.9 Å². The van der Waals surface area contributed by atoms with Gasteiger partial charge in [0.1, 0.15) is 5.82 Å². The molecule has 0 fully saturated rings. The van der Waals surface area contributed by atoms with Gasteiger partial charge in [-0.25, -0.2) is 9.18 Å². The van der Waals surface area contributed by atoms with Crippen LogP contribution in [0.15, 0.2) is 48.5 Å². The zero-order valence-electron chi connectivity index (χ0n) is 10.9. The third-order valence-electron chi connectivity index (χ3n) is 2.80. The van der Waals surface area contributed by atoms with E-state index in [1.807, 2.05) is 6.92 Å². The van der Waals surface area contributed by atoms with Crippen molar-refractivity contribution in [2.24, 2.45) is 0 Å². The molecule has 0 aliphatic rings. The summed E-state index contributed by atoms with van der Waals surface area (Å²) in [5, 5.41) is 6.00. The molecule has 5 heteroatoms. The van der Waals surface area contributed by atoms with E-state index in [1.54, 1.807) is 36.4 Å². The molecule has 0 spiro atoms. The number of benzene rings is 2. The Labute approximate surface area is 121 Å². The molecule has 1 atom stereocenters. The van der Waals surface area contributed by atoms with Crippen LogP contribution in [-0.2, 0) is 0 Å². The molecule has 0 saturated heterocycles. The van der Waals surface area contributed by atoms with Crippen molar-refractivity contribution in [2.45, 2.75) is 13.0 Å². The molecule has 2 rings (SSSR count). The fourth-order valence-corrected chi connectivity index (χ4v) is 1.96. The molecule has 3 nitrogen and oxygen atoms in total. The van der Waals surface area contributed by atoms with Gasteiger partial charge in [-0.05, 0) is 42.8 Å². The van der Waals surface area contributed by atoms with Crippen LogP contribution in [0.5, 0.6) is 0 Å². The summed E-state index contributed by atoms with van der Waals surface area (Å²) in [4.78, 5) is 11.8. The van der Waals surface area contributed by atoms with Gasteiger partial charge < -0.3 is 10.6 Å². The Hall–Kier alpha value is -2.07. The first kappa shape index (κ1) is 14.3. The van der Waals surface area contributed by atoms with Crippen LogP contribution in [-0.4, -0.2) is 6.03 Å². The minimum Gasteiger partial charge on any atom is -0.331 e. The average Bonchev–Trinajstić information content (AvgIpc) is 2.39. The van der Waals surface area contributed by atoms with Gasteiger partial charge in [-0.3, -0.25) is 0 Å². The van der Waals surface area contributed by atoms with Crippen molar-refractivity contribution in [3.63, 3.8) is 0 Å². The molecule has 0 bridgehead atoms. The highest BCUT2D eigenvalue weighted by atomic mass is 35.5. The maximum absolute atomic E-state index is 12.8. The Bertz CT molecular complexity index is 601. The van der Waals surface area contributed by atoms with Crippen LogP contribution in [0.4, 0.5) is 14.9 Å². The van der Waals surface area contributed by atoms with Crippen LogP contribution >= 0.6 is 11.6 Å². The SMILES string of the molecule is CC(NC(=O)Nc1cccc(Cl)c1)c1ccc(F)cc1. The van der Waals surface area contributed by atoms with Gasteiger partial charge in [0, 0.05) is 10.7 Å². The molecule has 0 saturated carbocycles. The maximum Gasteiger partial charge on any atom is 0.319 e. The number of halogens is 2. The summed E-state index contributed by atoms with van der Waals surface area (Å²) in [7, 11) is 0. The standard InChI is InChI=1S/C15H14ClFN2O/c1-10(11-5-7-13(17)8-6-11)18-15(20)19-14-4-2-3-12(16)9-14/h2-10H,1H3,(H2,18,19,20). The summed E-state index contributed by atoms with van der Waals surface area (Å²) in [6, 6.07) is 12.3. The van der Waals surface area contributed by atoms with Crippen LogP contribution in [0.1, 0.15) is 18.5 Å². The Morgan fingerprint density at radius 3 is 2.55 bits per heavy atom. The number of urea groups is 1. The first-order valence-electron chi connectivity index (χ1n) is 6.13. The summed E-state index contributed by atoms with van der Waals surface area (Å²) < 4.78 is 12.8. The Balaban J connectivity index is 1.95. The fraction of sp³-hybridized carbons (Fsp3) is 0.133. The minimum atomic E-state index is -0.343. The van der Waals surface area contributed by atoms with Crippen molar-refractivity contribution in [2.75, 3.05) is 5.32 Å². The number of hydrogen-bond donors (Lipinski definition) is 2. The van der Waals surface area contributed by atoms with Crippen molar-refractivity contribution in [3.8, 4) is 0 Å². The second kappa shape index (κ2) is 6.39. The molecule has 104 valence electrons. The predicted octanol–water partition coefficient (Wildman–Crippen LogP) is 4.36. The van der Waals surface area contributed by atoms with E-state index in [1.165, 1.54) is 12.1 Å². The number of amides is 2. The minimum absolute atomic E-state index is 0.227. The van der Waals surface area contributed by atoms with Crippen molar-refractivity contribution in [1.82, 2.24) is 5.32 Å². The smallest absolute Gasteiger partial charge is 0.319 e. The second-order valence-corrected chi connectivity index (χ2v) is 4.82. The third-order valence-corrected chi connectivity index (χ3v) is 3.04. The lowest BCUT2D eigenvalue weighted by Gasteiger charge is -2.15. The van der Waals surface area contributed by atoms with Crippen LogP contribution in [0.25, 0.3) is 0 Å². The van der Waals surface area contributed by atoms with E-state index in [2.05, 4.69) is 10.6 Å². The Morgan fingerprint density at radius 1 is 1.20 bits per heavy atom. The number of carbonyl (C=O) groups is 1. The molecule has 1 unspecified atom stereocenters. The van der Waals surface area contributed by atoms with Crippen molar-refractivity contribution >= 4 is 23.3 Å². The maximum atomic E-state index is 12.8. The average molecular weight is 293 g/mol.